The van der Waals surface area contributed by atoms with Crippen LogP contribution < -0.4 is 4.74 Å². The standard InChI is InChI=1S/C12H14O2S/c1-8(13)6-9-7-10-11(14-2)4-3-5-12(10)15-9/h3-5,7-8,13H,6H2,1-2H3. The predicted octanol–water partition coefficient (Wildman–Crippen LogP) is 2.83. The SMILES string of the molecule is COc1cccc2sc(CC(C)O)cc12. The molecule has 1 aromatic heterocycles. The van der Waals surface area contributed by atoms with Crippen molar-refractivity contribution in [2.75, 3.05) is 7.11 Å². The Bertz CT molecular complexity index is 460. The van der Waals surface area contributed by atoms with Crippen LogP contribution in [0.5, 0.6) is 5.75 Å². The van der Waals surface area contributed by atoms with E-state index >= 15 is 0 Å². The van der Waals surface area contributed by atoms with Gasteiger partial charge in [0.15, 0.2) is 0 Å². The maximum atomic E-state index is 9.33. The highest BCUT2D eigenvalue weighted by molar-refractivity contribution is 7.19. The fourth-order valence-corrected chi connectivity index (χ4v) is 2.86. The summed E-state index contributed by atoms with van der Waals surface area (Å²) < 4.78 is 6.50. The lowest BCUT2D eigenvalue weighted by Crippen LogP contribution is -2.01. The van der Waals surface area contributed by atoms with Crippen LogP contribution in [0.15, 0.2) is 24.3 Å². The maximum Gasteiger partial charge on any atom is 0.127 e. The van der Waals surface area contributed by atoms with E-state index in [0.717, 1.165) is 11.1 Å². The number of ether oxygens (including phenoxy) is 1. The third-order valence-corrected chi connectivity index (χ3v) is 3.41. The summed E-state index contributed by atoms with van der Waals surface area (Å²) in [6, 6.07) is 8.13. The molecule has 0 saturated carbocycles. The molecule has 2 rings (SSSR count). The molecule has 2 aromatic rings. The molecule has 0 radical (unpaired) electrons. The van der Waals surface area contributed by atoms with Crippen LogP contribution in [0.4, 0.5) is 0 Å². The summed E-state index contributed by atoms with van der Waals surface area (Å²) in [5.41, 5.74) is 0. The monoisotopic (exact) mass is 222 g/mol. The highest BCUT2D eigenvalue weighted by Gasteiger charge is 2.07. The van der Waals surface area contributed by atoms with Crippen LogP contribution in [0.1, 0.15) is 11.8 Å². The number of methoxy groups -OCH3 is 1. The van der Waals surface area contributed by atoms with E-state index in [9.17, 15) is 5.11 Å². The first-order valence-corrected chi connectivity index (χ1v) is 5.76. The largest absolute Gasteiger partial charge is 0.496 e. The number of aliphatic hydroxyl groups is 1. The van der Waals surface area contributed by atoms with Gasteiger partial charge in [0, 0.05) is 21.4 Å². The second kappa shape index (κ2) is 4.21. The number of rotatable bonds is 3. The minimum atomic E-state index is -0.288. The van der Waals surface area contributed by atoms with E-state index in [1.807, 2.05) is 19.1 Å². The van der Waals surface area contributed by atoms with Crippen LogP contribution >= 0.6 is 11.3 Å². The normalized spacial score (nSPS) is 13.0. The van der Waals surface area contributed by atoms with Gasteiger partial charge in [-0.25, -0.2) is 0 Å². The first-order valence-electron chi connectivity index (χ1n) is 4.94. The molecule has 1 unspecified atom stereocenters. The molecular formula is C12H14O2S. The van der Waals surface area contributed by atoms with Crippen molar-refractivity contribution in [3.63, 3.8) is 0 Å². The first kappa shape index (κ1) is 10.5. The maximum absolute atomic E-state index is 9.33. The molecule has 0 bridgehead atoms. The molecule has 0 aliphatic heterocycles. The van der Waals surface area contributed by atoms with Crippen molar-refractivity contribution in [1.82, 2.24) is 0 Å². The lowest BCUT2D eigenvalue weighted by atomic mass is 10.2. The molecule has 3 heteroatoms. The lowest BCUT2D eigenvalue weighted by molar-refractivity contribution is 0.196. The van der Waals surface area contributed by atoms with Crippen LogP contribution in [-0.4, -0.2) is 18.3 Å². The van der Waals surface area contributed by atoms with Crippen LogP contribution in [0.2, 0.25) is 0 Å². The molecule has 0 aliphatic rings. The minimum absolute atomic E-state index is 0.288. The molecule has 1 aromatic carbocycles. The highest BCUT2D eigenvalue weighted by Crippen LogP contribution is 2.33. The van der Waals surface area contributed by atoms with Gasteiger partial charge in [-0.15, -0.1) is 11.3 Å². The number of aliphatic hydroxyl groups excluding tert-OH is 1. The summed E-state index contributed by atoms with van der Waals surface area (Å²) in [4.78, 5) is 1.20. The average Bonchev–Trinajstić information content (AvgIpc) is 2.58. The zero-order chi connectivity index (χ0) is 10.8. The first-order chi connectivity index (χ1) is 7.20. The van der Waals surface area contributed by atoms with E-state index in [2.05, 4.69) is 12.1 Å². The fourth-order valence-electron chi connectivity index (χ4n) is 1.66. The Labute approximate surface area is 93.1 Å². The average molecular weight is 222 g/mol. The van der Waals surface area contributed by atoms with Gasteiger partial charge in [0.25, 0.3) is 0 Å². The van der Waals surface area contributed by atoms with Crippen LogP contribution in [0, 0.1) is 0 Å². The van der Waals surface area contributed by atoms with E-state index in [0.29, 0.717) is 6.42 Å². The molecular weight excluding hydrogens is 208 g/mol. The number of thiophene rings is 1. The Hall–Kier alpha value is -1.06. The Morgan fingerprint density at radius 2 is 2.27 bits per heavy atom. The van der Waals surface area contributed by atoms with Gasteiger partial charge in [-0.1, -0.05) is 6.07 Å². The zero-order valence-corrected chi connectivity index (χ0v) is 9.67. The van der Waals surface area contributed by atoms with Crippen LogP contribution in [0.25, 0.3) is 10.1 Å². The van der Waals surface area contributed by atoms with Gasteiger partial charge in [0.2, 0.25) is 0 Å². The molecule has 15 heavy (non-hydrogen) atoms. The molecule has 0 amide bonds. The van der Waals surface area contributed by atoms with Gasteiger partial charge in [-0.2, -0.15) is 0 Å². The fraction of sp³-hybridized carbons (Fsp3) is 0.333. The number of fused-ring (bicyclic) bond motifs is 1. The third-order valence-electron chi connectivity index (χ3n) is 2.29. The molecule has 1 N–H and O–H groups in total. The molecule has 80 valence electrons. The number of hydrogen-bond donors (Lipinski definition) is 1. The second-order valence-electron chi connectivity index (χ2n) is 3.64. The Morgan fingerprint density at radius 1 is 1.47 bits per heavy atom. The third kappa shape index (κ3) is 2.13. The number of hydrogen-bond acceptors (Lipinski definition) is 3. The zero-order valence-electron chi connectivity index (χ0n) is 8.86. The Morgan fingerprint density at radius 3 is 2.93 bits per heavy atom. The van der Waals surface area contributed by atoms with Gasteiger partial charge in [-0.3, -0.25) is 0 Å². The minimum Gasteiger partial charge on any atom is -0.496 e. The summed E-state index contributed by atoms with van der Waals surface area (Å²) in [5, 5.41) is 10.5. The van der Waals surface area contributed by atoms with Gasteiger partial charge < -0.3 is 9.84 Å². The van der Waals surface area contributed by atoms with E-state index < -0.39 is 0 Å². The quantitative estimate of drug-likeness (QED) is 0.865. The molecule has 2 nitrogen and oxygen atoms in total. The van der Waals surface area contributed by atoms with Crippen molar-refractivity contribution in [3.8, 4) is 5.75 Å². The van der Waals surface area contributed by atoms with Crippen LogP contribution in [0.3, 0.4) is 0 Å². The van der Waals surface area contributed by atoms with Gasteiger partial charge in [-0.05, 0) is 25.1 Å². The van der Waals surface area contributed by atoms with E-state index in [4.69, 9.17) is 4.74 Å². The molecule has 0 fully saturated rings. The van der Waals surface area contributed by atoms with E-state index in [-0.39, 0.29) is 6.10 Å². The van der Waals surface area contributed by atoms with Crippen molar-refractivity contribution in [2.24, 2.45) is 0 Å². The van der Waals surface area contributed by atoms with Crippen molar-refractivity contribution >= 4 is 21.4 Å². The van der Waals surface area contributed by atoms with Crippen molar-refractivity contribution in [3.05, 3.63) is 29.1 Å². The van der Waals surface area contributed by atoms with Gasteiger partial charge in [0.05, 0.1) is 13.2 Å². The summed E-state index contributed by atoms with van der Waals surface area (Å²) in [6.45, 7) is 1.81. The summed E-state index contributed by atoms with van der Waals surface area (Å²) >= 11 is 1.72. The van der Waals surface area contributed by atoms with Crippen molar-refractivity contribution < 1.29 is 9.84 Å². The predicted molar refractivity (Wildman–Crippen MR) is 63.8 cm³/mol. The van der Waals surface area contributed by atoms with Gasteiger partial charge in [0.1, 0.15) is 5.75 Å². The molecule has 0 spiro atoms. The smallest absolute Gasteiger partial charge is 0.127 e. The second-order valence-corrected chi connectivity index (χ2v) is 4.81. The van der Waals surface area contributed by atoms with E-state index in [1.54, 1.807) is 18.4 Å². The van der Waals surface area contributed by atoms with E-state index in [1.165, 1.54) is 9.58 Å². The molecule has 0 aliphatic carbocycles. The van der Waals surface area contributed by atoms with Gasteiger partial charge >= 0.3 is 0 Å². The van der Waals surface area contributed by atoms with Crippen molar-refractivity contribution in [1.29, 1.82) is 0 Å². The topological polar surface area (TPSA) is 29.5 Å². The summed E-state index contributed by atoms with van der Waals surface area (Å²) in [6.07, 6.45) is 0.423. The molecule has 1 heterocycles. The Balaban J connectivity index is 2.45. The lowest BCUT2D eigenvalue weighted by Gasteiger charge is -1.99. The number of benzene rings is 1. The summed E-state index contributed by atoms with van der Waals surface area (Å²) in [5.74, 6) is 0.903. The molecule has 0 saturated heterocycles. The summed E-state index contributed by atoms with van der Waals surface area (Å²) in [7, 11) is 1.68. The van der Waals surface area contributed by atoms with Crippen molar-refractivity contribution in [2.45, 2.75) is 19.4 Å². The Kier molecular flexibility index (Phi) is 2.93. The molecule has 1 atom stereocenters. The highest BCUT2D eigenvalue weighted by atomic mass is 32.1. The van der Waals surface area contributed by atoms with Crippen LogP contribution in [-0.2, 0) is 6.42 Å².